The number of fused-ring (bicyclic) bond motifs is 1. The topological polar surface area (TPSA) is 51.2 Å². The third kappa shape index (κ3) is 3.33. The van der Waals surface area contributed by atoms with Gasteiger partial charge in [-0.15, -0.1) is 0 Å². The van der Waals surface area contributed by atoms with E-state index in [1.807, 2.05) is 12.1 Å². The molecule has 1 unspecified atom stereocenters. The van der Waals surface area contributed by atoms with E-state index in [0.29, 0.717) is 25.5 Å². The second kappa shape index (κ2) is 7.48. The third-order valence-corrected chi connectivity index (χ3v) is 5.94. The minimum Gasteiger partial charge on any atom is -0.477 e. The van der Waals surface area contributed by atoms with Gasteiger partial charge in [-0.05, 0) is 30.9 Å². The van der Waals surface area contributed by atoms with Crippen molar-refractivity contribution in [2.75, 3.05) is 13.2 Å². The number of nitrogens with one attached hydrogen (secondary N) is 1. The predicted octanol–water partition coefficient (Wildman–Crippen LogP) is 3.97. The van der Waals surface area contributed by atoms with Crippen molar-refractivity contribution in [2.24, 2.45) is 0 Å². The predicted molar refractivity (Wildman–Crippen MR) is 101 cm³/mol. The monoisotopic (exact) mass is 350 g/mol. The number of pyridine rings is 1. The summed E-state index contributed by atoms with van der Waals surface area (Å²) in [6.07, 6.45) is 8.46. The van der Waals surface area contributed by atoms with Crippen LogP contribution in [0, 0.1) is 0 Å². The van der Waals surface area contributed by atoms with Crippen LogP contribution in [-0.4, -0.2) is 24.0 Å². The van der Waals surface area contributed by atoms with Crippen molar-refractivity contribution in [1.82, 2.24) is 10.3 Å². The van der Waals surface area contributed by atoms with Gasteiger partial charge in [-0.2, -0.15) is 0 Å². The summed E-state index contributed by atoms with van der Waals surface area (Å²) < 4.78 is 5.60. The van der Waals surface area contributed by atoms with Crippen molar-refractivity contribution >= 4 is 5.91 Å². The van der Waals surface area contributed by atoms with Crippen molar-refractivity contribution in [1.29, 1.82) is 0 Å². The molecule has 1 aromatic carbocycles. The fraction of sp³-hybridized carbons (Fsp3) is 0.455. The molecule has 0 radical (unpaired) electrons. The maximum Gasteiger partial charge on any atom is 0.227 e. The Kier molecular flexibility index (Phi) is 4.91. The van der Waals surface area contributed by atoms with E-state index >= 15 is 0 Å². The first-order chi connectivity index (χ1) is 12.8. The molecular weight excluding hydrogens is 324 g/mol. The molecule has 1 aliphatic heterocycles. The number of amides is 1. The molecule has 26 heavy (non-hydrogen) atoms. The average molecular weight is 350 g/mol. The van der Waals surface area contributed by atoms with E-state index < -0.39 is 0 Å². The van der Waals surface area contributed by atoms with Crippen LogP contribution in [0.3, 0.4) is 0 Å². The van der Waals surface area contributed by atoms with E-state index in [1.165, 1.54) is 24.8 Å². The number of nitrogens with zero attached hydrogens (tertiary/aromatic N) is 1. The fourth-order valence-electron chi connectivity index (χ4n) is 4.46. The van der Waals surface area contributed by atoms with Gasteiger partial charge in [-0.1, -0.05) is 55.7 Å². The normalized spacial score (nSPS) is 21.3. The van der Waals surface area contributed by atoms with Crippen molar-refractivity contribution in [2.45, 2.75) is 49.9 Å². The summed E-state index contributed by atoms with van der Waals surface area (Å²) in [6, 6.07) is 14.5. The smallest absolute Gasteiger partial charge is 0.227 e. The average Bonchev–Trinajstić information content (AvgIpc) is 2.73. The summed E-state index contributed by atoms with van der Waals surface area (Å²) in [5.41, 5.74) is 2.33. The number of carbonyl (C=O) groups excluding carboxylic acids is 1. The summed E-state index contributed by atoms with van der Waals surface area (Å²) in [6.45, 7) is 1.26. The van der Waals surface area contributed by atoms with Crippen LogP contribution < -0.4 is 10.1 Å². The summed E-state index contributed by atoms with van der Waals surface area (Å²) in [5.74, 6) is 0.543. The quantitative estimate of drug-likeness (QED) is 0.908. The largest absolute Gasteiger partial charge is 0.477 e. The van der Waals surface area contributed by atoms with Gasteiger partial charge in [0.1, 0.15) is 0 Å². The number of ether oxygens (including phenoxy) is 1. The minimum atomic E-state index is -0.163. The number of rotatable bonds is 4. The molecule has 2 aromatic rings. The van der Waals surface area contributed by atoms with Crippen molar-refractivity contribution in [3.05, 3.63) is 59.8 Å². The Morgan fingerprint density at radius 1 is 1.12 bits per heavy atom. The zero-order valence-electron chi connectivity index (χ0n) is 15.1. The van der Waals surface area contributed by atoms with E-state index in [4.69, 9.17) is 4.74 Å². The molecule has 1 saturated carbocycles. The summed E-state index contributed by atoms with van der Waals surface area (Å²) in [7, 11) is 0. The Balaban J connectivity index is 1.51. The zero-order chi connectivity index (χ0) is 17.8. The van der Waals surface area contributed by atoms with Gasteiger partial charge >= 0.3 is 0 Å². The van der Waals surface area contributed by atoms with E-state index in [9.17, 15) is 4.79 Å². The van der Waals surface area contributed by atoms with Crippen LogP contribution in [0.1, 0.15) is 55.6 Å². The Morgan fingerprint density at radius 3 is 2.73 bits per heavy atom. The molecule has 4 nitrogen and oxygen atoms in total. The Morgan fingerprint density at radius 2 is 1.92 bits per heavy atom. The van der Waals surface area contributed by atoms with Gasteiger partial charge in [-0.25, -0.2) is 4.98 Å². The molecule has 1 fully saturated rings. The van der Waals surface area contributed by atoms with Gasteiger partial charge in [0, 0.05) is 23.7 Å². The maximum absolute atomic E-state index is 13.0. The number of benzene rings is 1. The Bertz CT molecular complexity index is 754. The van der Waals surface area contributed by atoms with Crippen molar-refractivity contribution in [3.63, 3.8) is 0 Å². The maximum atomic E-state index is 13.0. The second-order valence-corrected chi connectivity index (χ2v) is 7.51. The van der Waals surface area contributed by atoms with Crippen LogP contribution in [0.2, 0.25) is 0 Å². The highest BCUT2D eigenvalue weighted by molar-refractivity contribution is 5.84. The summed E-state index contributed by atoms with van der Waals surface area (Å²) in [4.78, 5) is 17.2. The lowest BCUT2D eigenvalue weighted by Gasteiger charge is -2.38. The molecule has 1 aliphatic carbocycles. The van der Waals surface area contributed by atoms with Crippen LogP contribution in [-0.2, 0) is 10.2 Å². The van der Waals surface area contributed by atoms with Crippen LogP contribution in [0.5, 0.6) is 5.88 Å². The van der Waals surface area contributed by atoms with Gasteiger partial charge < -0.3 is 10.1 Å². The molecule has 136 valence electrons. The molecule has 4 heteroatoms. The first kappa shape index (κ1) is 17.1. The Hall–Kier alpha value is -2.36. The highest BCUT2D eigenvalue weighted by Gasteiger charge is 2.35. The molecule has 2 heterocycles. The third-order valence-electron chi connectivity index (χ3n) is 5.94. The SMILES string of the molecule is O=C(NCC1(c2ccccc2)CCCCC1)C1CCOc2ncccc21. The van der Waals surface area contributed by atoms with Crippen molar-refractivity contribution in [3.8, 4) is 5.88 Å². The van der Waals surface area contributed by atoms with Gasteiger partial charge in [0.05, 0.1) is 12.5 Å². The van der Waals surface area contributed by atoms with Gasteiger partial charge in [0.15, 0.2) is 0 Å². The molecule has 0 spiro atoms. The molecule has 1 amide bonds. The van der Waals surface area contributed by atoms with E-state index in [-0.39, 0.29) is 17.2 Å². The second-order valence-electron chi connectivity index (χ2n) is 7.51. The van der Waals surface area contributed by atoms with Crippen LogP contribution in [0.4, 0.5) is 0 Å². The first-order valence-electron chi connectivity index (χ1n) is 9.69. The summed E-state index contributed by atoms with van der Waals surface area (Å²) >= 11 is 0. The molecule has 4 rings (SSSR count). The molecular formula is C22H26N2O2. The lowest BCUT2D eigenvalue weighted by molar-refractivity contribution is -0.123. The number of carbonyl (C=O) groups is 1. The standard InChI is InChI=1S/C22H26N2O2/c25-20(18-11-15-26-21-19(18)10-7-14-23-21)24-16-22(12-5-2-6-13-22)17-8-3-1-4-9-17/h1,3-4,7-10,14,18H,2,5-6,11-13,15-16H2,(H,24,25). The van der Waals surface area contributed by atoms with E-state index in [2.05, 4.69) is 40.6 Å². The van der Waals surface area contributed by atoms with Crippen LogP contribution in [0.15, 0.2) is 48.7 Å². The zero-order valence-corrected chi connectivity index (χ0v) is 15.1. The highest BCUT2D eigenvalue weighted by atomic mass is 16.5. The lowest BCUT2D eigenvalue weighted by atomic mass is 9.69. The van der Waals surface area contributed by atoms with E-state index in [0.717, 1.165) is 18.4 Å². The van der Waals surface area contributed by atoms with E-state index in [1.54, 1.807) is 6.20 Å². The molecule has 0 bridgehead atoms. The lowest BCUT2D eigenvalue weighted by Crippen LogP contribution is -2.44. The molecule has 0 saturated heterocycles. The van der Waals surface area contributed by atoms with Crippen LogP contribution >= 0.6 is 0 Å². The van der Waals surface area contributed by atoms with Gasteiger partial charge in [0.2, 0.25) is 11.8 Å². The molecule has 1 atom stereocenters. The fourth-order valence-corrected chi connectivity index (χ4v) is 4.46. The van der Waals surface area contributed by atoms with Crippen molar-refractivity contribution < 1.29 is 9.53 Å². The first-order valence-corrected chi connectivity index (χ1v) is 9.69. The van der Waals surface area contributed by atoms with Gasteiger partial charge in [0.25, 0.3) is 0 Å². The molecule has 2 aliphatic rings. The van der Waals surface area contributed by atoms with Crippen LogP contribution in [0.25, 0.3) is 0 Å². The summed E-state index contributed by atoms with van der Waals surface area (Å²) in [5, 5.41) is 3.28. The minimum absolute atomic E-state index is 0.0676. The number of hydrogen-bond donors (Lipinski definition) is 1. The molecule has 1 aromatic heterocycles. The number of aromatic nitrogens is 1. The molecule has 1 N–H and O–H groups in total. The highest BCUT2D eigenvalue weighted by Crippen LogP contribution is 2.39. The number of hydrogen-bond acceptors (Lipinski definition) is 3. The van der Waals surface area contributed by atoms with Gasteiger partial charge in [-0.3, -0.25) is 4.79 Å². The Labute approximate surface area is 155 Å².